The number of carbonyl (C=O) groups excluding carboxylic acids is 5. The number of unbranched alkanes of at least 4 members (excludes halogenated alkanes) is 9. The molecular weight excluding hydrogens is 693 g/mol. The van der Waals surface area contributed by atoms with Crippen LogP contribution in [0.1, 0.15) is 134 Å². The van der Waals surface area contributed by atoms with Crippen molar-refractivity contribution in [2.45, 2.75) is 141 Å². The summed E-state index contributed by atoms with van der Waals surface area (Å²) in [6.07, 6.45) is 11.6. The highest BCUT2D eigenvalue weighted by molar-refractivity contribution is 6.37. The van der Waals surface area contributed by atoms with Crippen LogP contribution < -0.4 is 10.1 Å². The molecule has 4 unspecified atom stereocenters. The van der Waals surface area contributed by atoms with E-state index in [0.717, 1.165) is 57.1 Å². The standard InChI is InChI=1S/C46H60N2O7/c1-4-6-8-10-11-12-21-31-40(33-32-35(3)54-39-29-22-15-23-30-39)55-45(53)46(42(50)36-24-17-13-18-25-36,44(52)47-38-27-19-14-20-28-38)48-41(49)34-37(43(48)51)26-16-9-7-5-2/h13-15,17-20,22-25,27-30,35,37,40H,4-12,16,21,26,31-34H2,1-3H3,(H,47,52). The topological polar surface area (TPSA) is 119 Å². The number of amides is 3. The molecule has 0 saturated carbocycles. The van der Waals surface area contributed by atoms with Crippen LogP contribution >= 0.6 is 0 Å². The third-order valence-corrected chi connectivity index (χ3v) is 10.4. The number of hydrogen-bond donors (Lipinski definition) is 1. The van der Waals surface area contributed by atoms with Crippen molar-refractivity contribution in [3.63, 3.8) is 0 Å². The Morgan fingerprint density at radius 3 is 1.93 bits per heavy atom. The largest absolute Gasteiger partial charge is 0.491 e. The van der Waals surface area contributed by atoms with Crippen molar-refractivity contribution in [2.75, 3.05) is 5.32 Å². The number of ether oxygens (including phenoxy) is 2. The lowest BCUT2D eigenvalue weighted by atomic mass is 9.85. The van der Waals surface area contributed by atoms with Gasteiger partial charge >= 0.3 is 5.97 Å². The Balaban J connectivity index is 1.72. The molecule has 4 rings (SSSR count). The minimum Gasteiger partial charge on any atom is -0.491 e. The number of likely N-dealkylation sites (tertiary alicyclic amines) is 1. The monoisotopic (exact) mass is 752 g/mol. The van der Waals surface area contributed by atoms with Gasteiger partial charge in [-0.3, -0.25) is 19.2 Å². The van der Waals surface area contributed by atoms with E-state index in [1.54, 1.807) is 48.5 Å². The number of nitrogens with zero attached hydrogens (tertiary/aromatic N) is 1. The molecule has 3 aromatic rings. The zero-order valence-electron chi connectivity index (χ0n) is 33.0. The second-order valence-corrected chi connectivity index (χ2v) is 14.8. The number of ketones is 1. The van der Waals surface area contributed by atoms with E-state index in [2.05, 4.69) is 19.2 Å². The average molecular weight is 753 g/mol. The van der Waals surface area contributed by atoms with Crippen molar-refractivity contribution in [2.24, 2.45) is 5.92 Å². The summed E-state index contributed by atoms with van der Waals surface area (Å²) >= 11 is 0. The van der Waals surface area contributed by atoms with Gasteiger partial charge in [-0.15, -0.1) is 0 Å². The van der Waals surface area contributed by atoms with Gasteiger partial charge < -0.3 is 14.8 Å². The van der Waals surface area contributed by atoms with Crippen molar-refractivity contribution in [3.8, 4) is 5.75 Å². The lowest BCUT2D eigenvalue weighted by Crippen LogP contribution is -2.69. The highest BCUT2D eigenvalue weighted by Crippen LogP contribution is 2.36. The van der Waals surface area contributed by atoms with Crippen LogP contribution in [0, 0.1) is 5.92 Å². The first-order chi connectivity index (χ1) is 26.7. The zero-order chi connectivity index (χ0) is 39.5. The van der Waals surface area contributed by atoms with Gasteiger partial charge in [0.25, 0.3) is 11.4 Å². The number of hydrogen-bond acceptors (Lipinski definition) is 7. The molecule has 3 aromatic carbocycles. The van der Waals surface area contributed by atoms with Gasteiger partial charge in [-0.25, -0.2) is 9.69 Å². The van der Waals surface area contributed by atoms with E-state index >= 15 is 4.79 Å². The SMILES string of the molecule is CCCCCCCCCC(CCC(C)Oc1ccccc1)OC(=O)C(C(=O)Nc1ccccc1)(C(=O)c1ccccc1)N1C(=O)CC(CCCCCC)C1=O. The van der Waals surface area contributed by atoms with Crippen molar-refractivity contribution in [1.82, 2.24) is 4.90 Å². The molecule has 0 spiro atoms. The molecule has 1 heterocycles. The lowest BCUT2D eigenvalue weighted by Gasteiger charge is -2.37. The molecule has 9 heteroatoms. The molecule has 3 amide bonds. The van der Waals surface area contributed by atoms with Gasteiger partial charge in [0.05, 0.1) is 6.10 Å². The quantitative estimate of drug-likeness (QED) is 0.0301. The summed E-state index contributed by atoms with van der Waals surface area (Å²) in [6.45, 7) is 6.21. The molecule has 9 nitrogen and oxygen atoms in total. The van der Waals surface area contributed by atoms with E-state index in [0.29, 0.717) is 42.7 Å². The van der Waals surface area contributed by atoms with Crippen molar-refractivity contribution in [3.05, 3.63) is 96.6 Å². The number of nitrogens with one attached hydrogen (secondary N) is 1. The Bertz CT molecular complexity index is 1650. The molecule has 1 fully saturated rings. The van der Waals surface area contributed by atoms with E-state index in [9.17, 15) is 19.2 Å². The molecule has 4 atom stereocenters. The Labute approximate surface area is 327 Å². The van der Waals surface area contributed by atoms with Crippen LogP contribution in [0.2, 0.25) is 0 Å². The van der Waals surface area contributed by atoms with Gasteiger partial charge in [-0.05, 0) is 63.3 Å². The smallest absolute Gasteiger partial charge is 0.351 e. The van der Waals surface area contributed by atoms with Crippen LogP contribution in [0.25, 0.3) is 0 Å². The summed E-state index contributed by atoms with van der Waals surface area (Å²) in [7, 11) is 0. The molecule has 0 bridgehead atoms. The fourth-order valence-corrected chi connectivity index (χ4v) is 7.25. The van der Waals surface area contributed by atoms with Crippen LogP contribution in [0.15, 0.2) is 91.0 Å². The van der Waals surface area contributed by atoms with Crippen molar-refractivity contribution in [1.29, 1.82) is 0 Å². The molecule has 1 aliphatic rings. The maximum Gasteiger partial charge on any atom is 0.351 e. The van der Waals surface area contributed by atoms with Crippen LogP contribution in [-0.4, -0.2) is 52.1 Å². The molecule has 55 heavy (non-hydrogen) atoms. The molecule has 1 N–H and O–H groups in total. The molecule has 0 aromatic heterocycles. The van der Waals surface area contributed by atoms with Gasteiger partial charge in [0.15, 0.2) is 0 Å². The molecular formula is C46H60N2O7. The molecule has 0 aliphatic carbocycles. The number of para-hydroxylation sites is 2. The second-order valence-electron chi connectivity index (χ2n) is 14.8. The maximum absolute atomic E-state index is 15.1. The predicted octanol–water partition coefficient (Wildman–Crippen LogP) is 9.89. The molecule has 0 radical (unpaired) electrons. The van der Waals surface area contributed by atoms with E-state index in [1.165, 1.54) is 25.0 Å². The third-order valence-electron chi connectivity index (χ3n) is 10.4. The number of carbonyl (C=O) groups is 5. The number of Topliss-reactive ketones (excluding diaryl/α,β-unsaturated/α-hetero) is 1. The maximum atomic E-state index is 15.1. The van der Waals surface area contributed by atoms with E-state index in [-0.39, 0.29) is 18.1 Å². The van der Waals surface area contributed by atoms with E-state index in [4.69, 9.17) is 9.47 Å². The second kappa shape index (κ2) is 22.6. The van der Waals surface area contributed by atoms with E-state index in [1.807, 2.05) is 37.3 Å². The van der Waals surface area contributed by atoms with Crippen molar-refractivity contribution < 1.29 is 33.4 Å². The summed E-state index contributed by atoms with van der Waals surface area (Å²) in [5.41, 5.74) is -2.64. The van der Waals surface area contributed by atoms with Crippen molar-refractivity contribution >= 4 is 35.2 Å². The molecule has 1 aliphatic heterocycles. The molecule has 1 saturated heterocycles. The number of esters is 1. The fraction of sp³-hybridized carbons (Fsp3) is 0.500. The predicted molar refractivity (Wildman–Crippen MR) is 216 cm³/mol. The van der Waals surface area contributed by atoms with Gasteiger partial charge in [-0.2, -0.15) is 0 Å². The minimum absolute atomic E-state index is 0.00294. The van der Waals surface area contributed by atoms with Crippen LogP contribution in [-0.2, 0) is 23.9 Å². The van der Waals surface area contributed by atoms with Crippen LogP contribution in [0.5, 0.6) is 5.75 Å². The number of rotatable bonds is 25. The summed E-state index contributed by atoms with van der Waals surface area (Å²) in [5, 5.41) is 2.71. The highest BCUT2D eigenvalue weighted by atomic mass is 16.5. The summed E-state index contributed by atoms with van der Waals surface area (Å²) < 4.78 is 12.4. The van der Waals surface area contributed by atoms with Crippen LogP contribution in [0.3, 0.4) is 0 Å². The van der Waals surface area contributed by atoms with Gasteiger partial charge in [0.2, 0.25) is 17.6 Å². The Morgan fingerprint density at radius 2 is 1.29 bits per heavy atom. The average Bonchev–Trinajstić information content (AvgIpc) is 3.48. The number of imide groups is 1. The summed E-state index contributed by atoms with van der Waals surface area (Å²) in [6, 6.07) is 25.7. The highest BCUT2D eigenvalue weighted by Gasteiger charge is 2.65. The zero-order valence-corrected chi connectivity index (χ0v) is 33.0. The lowest BCUT2D eigenvalue weighted by molar-refractivity contribution is -0.171. The number of benzene rings is 3. The van der Waals surface area contributed by atoms with Crippen LogP contribution in [0.4, 0.5) is 5.69 Å². The Morgan fingerprint density at radius 1 is 0.727 bits per heavy atom. The minimum atomic E-state index is -2.94. The normalized spacial score (nSPS) is 16.3. The third kappa shape index (κ3) is 12.1. The van der Waals surface area contributed by atoms with Gasteiger partial charge in [0, 0.05) is 23.6 Å². The number of anilines is 1. The summed E-state index contributed by atoms with van der Waals surface area (Å²) in [5.74, 6) is -4.83. The first-order valence-corrected chi connectivity index (χ1v) is 20.5. The summed E-state index contributed by atoms with van der Waals surface area (Å²) in [4.78, 5) is 73.9. The Hall–Kier alpha value is -4.79. The fourth-order valence-electron chi connectivity index (χ4n) is 7.25. The van der Waals surface area contributed by atoms with Gasteiger partial charge in [0.1, 0.15) is 11.9 Å². The molecule has 296 valence electrons. The first kappa shape index (κ1) is 42.9. The van der Waals surface area contributed by atoms with Gasteiger partial charge in [-0.1, -0.05) is 145 Å². The first-order valence-electron chi connectivity index (χ1n) is 20.5. The Kier molecular flexibility index (Phi) is 17.6. The van der Waals surface area contributed by atoms with E-state index < -0.39 is 47.0 Å².